The first-order chi connectivity index (χ1) is 14.4. The molecule has 0 saturated carbocycles. The molecule has 0 aliphatic rings. The van der Waals surface area contributed by atoms with Crippen LogP contribution in [0.15, 0.2) is 58.8 Å². The lowest BCUT2D eigenvalue weighted by atomic mass is 10.3. The average Bonchev–Trinajstić information content (AvgIpc) is 3.25. The Morgan fingerprint density at radius 3 is 2.50 bits per heavy atom. The summed E-state index contributed by atoms with van der Waals surface area (Å²) in [7, 11) is -1.18. The number of nitrogens with zero attached hydrogens (tertiary/aromatic N) is 2. The van der Waals surface area contributed by atoms with E-state index >= 15 is 0 Å². The van der Waals surface area contributed by atoms with E-state index in [0.29, 0.717) is 5.69 Å². The molecule has 0 saturated heterocycles. The Bertz CT molecular complexity index is 1120. The number of carbonyl (C=O) groups is 1. The predicted molar refractivity (Wildman–Crippen MR) is 114 cm³/mol. The normalized spacial score (nSPS) is 11.3. The molecule has 0 bridgehead atoms. The number of carbonyl (C=O) groups excluding carboxylic acids is 1. The zero-order valence-corrected chi connectivity index (χ0v) is 17.7. The third-order valence-corrected chi connectivity index (χ3v) is 5.90. The first-order valence-electron chi connectivity index (χ1n) is 8.52. The van der Waals surface area contributed by atoms with Gasteiger partial charge in [0.1, 0.15) is 0 Å². The molecule has 30 heavy (non-hydrogen) atoms. The van der Waals surface area contributed by atoms with Crippen LogP contribution in [0.25, 0.3) is 6.08 Å². The summed E-state index contributed by atoms with van der Waals surface area (Å²) in [4.78, 5) is 20.8. The summed E-state index contributed by atoms with van der Waals surface area (Å²) in [6.45, 7) is 0. The Labute approximate surface area is 177 Å². The maximum absolute atomic E-state index is 12.6. The van der Waals surface area contributed by atoms with Crippen LogP contribution in [0.2, 0.25) is 0 Å². The van der Waals surface area contributed by atoms with E-state index in [9.17, 15) is 13.2 Å². The number of rotatable bonds is 8. The second kappa shape index (κ2) is 9.37. The summed E-state index contributed by atoms with van der Waals surface area (Å²) in [5.74, 6) is -0.180. The molecule has 2 aromatic heterocycles. The Balaban J connectivity index is 1.69. The second-order valence-corrected chi connectivity index (χ2v) is 8.41. The van der Waals surface area contributed by atoms with Gasteiger partial charge in [0.25, 0.3) is 10.0 Å². The van der Waals surface area contributed by atoms with Gasteiger partial charge >= 0.3 is 6.01 Å². The molecule has 2 N–H and O–H groups in total. The highest BCUT2D eigenvalue weighted by Gasteiger charge is 2.17. The zero-order valence-electron chi connectivity index (χ0n) is 16.0. The van der Waals surface area contributed by atoms with Crippen molar-refractivity contribution in [3.63, 3.8) is 0 Å². The van der Waals surface area contributed by atoms with Crippen LogP contribution in [-0.4, -0.2) is 38.5 Å². The molecule has 1 aromatic carbocycles. The smallest absolute Gasteiger partial charge is 0.321 e. The maximum atomic E-state index is 12.6. The van der Waals surface area contributed by atoms with Crippen LogP contribution in [0.3, 0.4) is 0 Å². The van der Waals surface area contributed by atoms with Crippen LogP contribution in [0, 0.1) is 0 Å². The molecule has 9 nitrogen and oxygen atoms in total. The molecule has 0 aliphatic carbocycles. The quantitative estimate of drug-likeness (QED) is 0.511. The second-order valence-electron chi connectivity index (χ2n) is 5.75. The predicted octanol–water partition coefficient (Wildman–Crippen LogP) is 3.01. The molecule has 0 aliphatic heterocycles. The highest BCUT2D eigenvalue weighted by atomic mass is 32.2. The van der Waals surface area contributed by atoms with Gasteiger partial charge in [-0.25, -0.2) is 8.42 Å². The molecule has 0 fully saturated rings. The van der Waals surface area contributed by atoms with Gasteiger partial charge in [-0.05, 0) is 41.8 Å². The minimum atomic E-state index is -3.93. The molecule has 0 atom stereocenters. The number of anilines is 2. The molecular formula is C19H18N4O5S2. The van der Waals surface area contributed by atoms with E-state index in [1.54, 1.807) is 6.08 Å². The summed E-state index contributed by atoms with van der Waals surface area (Å²) >= 11 is 1.52. The lowest BCUT2D eigenvalue weighted by Crippen LogP contribution is -2.15. The molecule has 156 valence electrons. The Kier molecular flexibility index (Phi) is 6.65. The van der Waals surface area contributed by atoms with E-state index in [-0.39, 0.29) is 28.5 Å². The molecular weight excluding hydrogens is 428 g/mol. The number of methoxy groups -OCH3 is 2. The number of aromatic nitrogens is 2. The van der Waals surface area contributed by atoms with Crippen molar-refractivity contribution in [3.05, 3.63) is 58.8 Å². The van der Waals surface area contributed by atoms with Crippen LogP contribution in [0.4, 0.5) is 11.5 Å². The molecule has 0 radical (unpaired) electrons. The summed E-state index contributed by atoms with van der Waals surface area (Å²) in [5, 5.41) is 4.59. The minimum absolute atomic E-state index is 0.00482. The molecule has 0 unspecified atom stereocenters. The summed E-state index contributed by atoms with van der Waals surface area (Å²) in [6, 6.07) is 10.8. The SMILES string of the molecule is COc1cc(NS(=O)(=O)c2ccc(NC(=O)C=Cc3cccs3)cc2)nc(OC)n1. The number of nitrogens with one attached hydrogen (secondary N) is 2. The van der Waals surface area contributed by atoms with Crippen molar-refractivity contribution in [2.45, 2.75) is 4.90 Å². The molecule has 3 aromatic rings. The zero-order chi connectivity index (χ0) is 21.6. The van der Waals surface area contributed by atoms with Crippen LogP contribution >= 0.6 is 11.3 Å². The summed E-state index contributed by atoms with van der Waals surface area (Å²) in [6.07, 6.45) is 3.11. The molecule has 11 heteroatoms. The number of amides is 1. The van der Waals surface area contributed by atoms with Crippen molar-refractivity contribution in [1.29, 1.82) is 0 Å². The van der Waals surface area contributed by atoms with Gasteiger partial charge in [-0.1, -0.05) is 6.07 Å². The fourth-order valence-electron chi connectivity index (χ4n) is 2.29. The topological polar surface area (TPSA) is 120 Å². The van der Waals surface area contributed by atoms with Gasteiger partial charge in [-0.15, -0.1) is 11.3 Å². The lowest BCUT2D eigenvalue weighted by Gasteiger charge is -2.10. The summed E-state index contributed by atoms with van der Waals surface area (Å²) < 4.78 is 37.5. The third kappa shape index (κ3) is 5.55. The number of benzene rings is 1. The van der Waals surface area contributed by atoms with Gasteiger partial charge in [0.05, 0.1) is 19.1 Å². The van der Waals surface area contributed by atoms with Crippen LogP contribution in [0.1, 0.15) is 4.88 Å². The van der Waals surface area contributed by atoms with Gasteiger partial charge < -0.3 is 14.8 Å². The minimum Gasteiger partial charge on any atom is -0.481 e. The fraction of sp³-hybridized carbons (Fsp3) is 0.105. The van der Waals surface area contributed by atoms with E-state index in [2.05, 4.69) is 20.0 Å². The van der Waals surface area contributed by atoms with Crippen LogP contribution < -0.4 is 19.5 Å². The monoisotopic (exact) mass is 446 g/mol. The number of thiophene rings is 1. The van der Waals surface area contributed by atoms with E-state index < -0.39 is 10.0 Å². The maximum Gasteiger partial charge on any atom is 0.321 e. The fourth-order valence-corrected chi connectivity index (χ4v) is 3.90. The van der Waals surface area contributed by atoms with E-state index in [1.807, 2.05) is 17.5 Å². The highest BCUT2D eigenvalue weighted by molar-refractivity contribution is 7.92. The van der Waals surface area contributed by atoms with Crippen molar-refractivity contribution < 1.29 is 22.7 Å². The lowest BCUT2D eigenvalue weighted by molar-refractivity contribution is -0.111. The molecule has 0 spiro atoms. The third-order valence-electron chi connectivity index (χ3n) is 3.69. The van der Waals surface area contributed by atoms with Crippen molar-refractivity contribution >= 4 is 44.8 Å². The van der Waals surface area contributed by atoms with Gasteiger partial charge in [-0.2, -0.15) is 9.97 Å². The first kappa shape index (κ1) is 21.3. The Morgan fingerprint density at radius 2 is 1.87 bits per heavy atom. The van der Waals surface area contributed by atoms with Crippen molar-refractivity contribution in [2.24, 2.45) is 0 Å². The largest absolute Gasteiger partial charge is 0.481 e. The molecule has 1 amide bonds. The number of hydrogen-bond acceptors (Lipinski definition) is 8. The van der Waals surface area contributed by atoms with Gasteiger partial charge in [-0.3, -0.25) is 9.52 Å². The number of ether oxygens (including phenoxy) is 2. The number of hydrogen-bond donors (Lipinski definition) is 2. The molecule has 3 rings (SSSR count). The van der Waals surface area contributed by atoms with Gasteiger partial charge in [0, 0.05) is 22.7 Å². The Morgan fingerprint density at radius 1 is 1.10 bits per heavy atom. The standard InChI is InChI=1S/C19H18N4O5S2/c1-27-18-12-16(21-19(22-18)28-2)23-30(25,26)15-8-5-13(6-9-15)20-17(24)10-7-14-4-3-11-29-14/h3-12H,1-2H3,(H,20,24)(H,21,22,23). The van der Waals surface area contributed by atoms with Crippen LogP contribution in [0.5, 0.6) is 11.9 Å². The Hall–Kier alpha value is -3.44. The summed E-state index contributed by atoms with van der Waals surface area (Å²) in [5.41, 5.74) is 0.458. The van der Waals surface area contributed by atoms with Crippen molar-refractivity contribution in [1.82, 2.24) is 9.97 Å². The van der Waals surface area contributed by atoms with Gasteiger partial charge in [0.2, 0.25) is 11.8 Å². The van der Waals surface area contributed by atoms with E-state index in [1.165, 1.54) is 62.0 Å². The number of sulfonamides is 1. The average molecular weight is 447 g/mol. The van der Waals surface area contributed by atoms with Gasteiger partial charge in [0.15, 0.2) is 5.82 Å². The van der Waals surface area contributed by atoms with Crippen molar-refractivity contribution in [2.75, 3.05) is 24.3 Å². The molecule has 2 heterocycles. The van der Waals surface area contributed by atoms with Crippen molar-refractivity contribution in [3.8, 4) is 11.9 Å². The van der Waals surface area contributed by atoms with Crippen LogP contribution in [-0.2, 0) is 14.8 Å². The van der Waals surface area contributed by atoms with E-state index in [0.717, 1.165) is 4.88 Å². The highest BCUT2D eigenvalue weighted by Crippen LogP contribution is 2.21. The van der Waals surface area contributed by atoms with E-state index in [4.69, 9.17) is 9.47 Å². The first-order valence-corrected chi connectivity index (χ1v) is 10.9.